The number of ether oxygens (including phenoxy) is 2. The number of hydrogen-bond acceptors (Lipinski definition) is 8. The first-order valence-corrected chi connectivity index (χ1v) is 39.5. The first-order valence-electron chi connectivity index (χ1n) is 38.0. The van der Waals surface area contributed by atoms with E-state index in [1.807, 2.05) is 21.1 Å². The van der Waals surface area contributed by atoms with E-state index >= 15 is 0 Å². The summed E-state index contributed by atoms with van der Waals surface area (Å²) in [6, 6.07) is 0. The molecule has 0 saturated carbocycles. The van der Waals surface area contributed by atoms with Crippen LogP contribution in [-0.4, -0.2) is 70.0 Å². The molecular weight excluding hydrogens is 1250 g/mol. The van der Waals surface area contributed by atoms with Crippen molar-refractivity contribution in [3.05, 3.63) is 267 Å². The lowest BCUT2D eigenvalue weighted by Gasteiger charge is -2.28. The molecule has 2 atom stereocenters. The number of quaternary nitrogens is 1. The van der Waals surface area contributed by atoms with Crippen LogP contribution in [0.25, 0.3) is 0 Å². The number of phosphoric acid groups is 1. The minimum absolute atomic E-state index is 0.0564. The van der Waals surface area contributed by atoms with E-state index in [0.717, 1.165) is 193 Å². The van der Waals surface area contributed by atoms with Crippen LogP contribution in [0.3, 0.4) is 0 Å². The second-order valence-corrected chi connectivity index (χ2v) is 26.6. The number of nitrogens with zero attached hydrogens (tertiary/aromatic N) is 1. The Kier molecular flexibility index (Phi) is 71.3. The summed E-state index contributed by atoms with van der Waals surface area (Å²) in [4.78, 5) is 38.1. The number of carbonyl (C=O) groups excluding carboxylic acids is 2. The molecule has 0 aromatic heterocycles. The molecule has 0 aromatic rings. The third-order valence-electron chi connectivity index (χ3n) is 14.7. The molecule has 0 N–H and O–H groups in total. The Balaban J connectivity index is 4.25. The van der Waals surface area contributed by atoms with Crippen LogP contribution >= 0.6 is 7.82 Å². The quantitative estimate of drug-likeness (QED) is 0.0195. The minimum Gasteiger partial charge on any atom is -0.756 e. The van der Waals surface area contributed by atoms with Gasteiger partial charge in [-0.25, -0.2) is 0 Å². The third kappa shape index (κ3) is 80.3. The Hall–Kier alpha value is -6.71. The monoisotopic (exact) mass is 1390 g/mol. The number of rotatable bonds is 66. The van der Waals surface area contributed by atoms with Gasteiger partial charge in [-0.05, 0) is 180 Å². The molecule has 554 valence electrons. The maximum Gasteiger partial charge on any atom is 0.306 e. The number of esters is 2. The first kappa shape index (κ1) is 93.3. The Labute approximate surface area is 611 Å². The Morgan fingerprint density at radius 1 is 0.310 bits per heavy atom. The lowest BCUT2D eigenvalue weighted by Crippen LogP contribution is -2.37. The highest BCUT2D eigenvalue weighted by atomic mass is 31.2. The van der Waals surface area contributed by atoms with E-state index in [0.29, 0.717) is 23.9 Å². The molecule has 9 nitrogen and oxygen atoms in total. The van der Waals surface area contributed by atoms with Crippen molar-refractivity contribution in [1.29, 1.82) is 0 Å². The summed E-state index contributed by atoms with van der Waals surface area (Å²) in [6.45, 7) is 3.91. The van der Waals surface area contributed by atoms with Gasteiger partial charge in [-0.15, -0.1) is 0 Å². The molecule has 0 heterocycles. The van der Waals surface area contributed by atoms with Gasteiger partial charge in [-0.3, -0.25) is 14.2 Å². The van der Waals surface area contributed by atoms with Crippen molar-refractivity contribution in [3.63, 3.8) is 0 Å². The van der Waals surface area contributed by atoms with Crippen LogP contribution < -0.4 is 4.89 Å². The Bertz CT molecular complexity index is 2700. The molecule has 100 heavy (non-hydrogen) atoms. The van der Waals surface area contributed by atoms with Crippen molar-refractivity contribution in [1.82, 2.24) is 0 Å². The highest BCUT2D eigenvalue weighted by Gasteiger charge is 2.22. The van der Waals surface area contributed by atoms with Gasteiger partial charge in [0.15, 0.2) is 6.10 Å². The van der Waals surface area contributed by atoms with E-state index in [1.165, 1.54) is 0 Å². The summed E-state index contributed by atoms with van der Waals surface area (Å²) < 4.78 is 34.3. The molecule has 2 unspecified atom stereocenters. The number of unbranched alkanes of at least 4 members (excludes halogenated alkanes) is 8. The van der Waals surface area contributed by atoms with Gasteiger partial charge in [0.25, 0.3) is 7.82 Å². The largest absolute Gasteiger partial charge is 0.756 e. The van der Waals surface area contributed by atoms with E-state index in [1.54, 1.807) is 0 Å². The number of hydrogen-bond donors (Lipinski definition) is 0. The fourth-order valence-corrected chi connectivity index (χ4v) is 9.75. The SMILES string of the molecule is CC/C=C\C/C=C\C/C=C\C/C=C\C/C=C\C/C=C\C/C=C\C/C=C\C/C=C\C/C=C\C/C=C\CCCCCCCC(=O)OC(COC(=O)CCCCC/C=C\C/C=C\C/C=C\C/C=C\C/C=C\C/C=C\C/C=C\C/C=C\C/C=C\C/C=C\C/C=C\CC)COP(=O)([O-])OCC[N+](C)(C)C. The van der Waals surface area contributed by atoms with E-state index < -0.39 is 32.5 Å². The van der Waals surface area contributed by atoms with Crippen LogP contribution in [0.2, 0.25) is 0 Å². The van der Waals surface area contributed by atoms with Crippen LogP contribution in [0.15, 0.2) is 267 Å². The van der Waals surface area contributed by atoms with Gasteiger partial charge in [-0.1, -0.05) is 307 Å². The van der Waals surface area contributed by atoms with Crippen LogP contribution in [0.4, 0.5) is 0 Å². The zero-order valence-electron chi connectivity index (χ0n) is 63.0. The lowest BCUT2D eigenvalue weighted by atomic mass is 10.1. The van der Waals surface area contributed by atoms with Crippen LogP contribution in [-0.2, 0) is 32.7 Å². The van der Waals surface area contributed by atoms with Gasteiger partial charge in [0.1, 0.15) is 19.8 Å². The number of phosphoric ester groups is 1. The summed E-state index contributed by atoms with van der Waals surface area (Å²) >= 11 is 0. The molecule has 0 saturated heterocycles. The minimum atomic E-state index is -4.68. The third-order valence-corrected chi connectivity index (χ3v) is 15.7. The zero-order chi connectivity index (χ0) is 72.5. The van der Waals surface area contributed by atoms with E-state index in [9.17, 15) is 19.0 Å². The topological polar surface area (TPSA) is 111 Å². The highest BCUT2D eigenvalue weighted by Crippen LogP contribution is 2.38. The number of allylic oxidation sites excluding steroid dienone is 44. The Morgan fingerprint density at radius 3 is 0.810 bits per heavy atom. The molecule has 0 aliphatic rings. The molecule has 0 aromatic carbocycles. The molecule has 0 amide bonds. The zero-order valence-corrected chi connectivity index (χ0v) is 63.9. The average Bonchev–Trinajstić information content (AvgIpc) is 1.07. The molecule has 0 rings (SSSR count). The van der Waals surface area contributed by atoms with Gasteiger partial charge < -0.3 is 27.9 Å². The maximum absolute atomic E-state index is 12.9. The van der Waals surface area contributed by atoms with Gasteiger partial charge in [0.05, 0.1) is 27.7 Å². The predicted molar refractivity (Wildman–Crippen MR) is 433 cm³/mol. The van der Waals surface area contributed by atoms with Crippen LogP contribution in [0.5, 0.6) is 0 Å². The van der Waals surface area contributed by atoms with Gasteiger partial charge in [0, 0.05) is 12.8 Å². The average molecular weight is 1390 g/mol. The fourth-order valence-electron chi connectivity index (χ4n) is 9.02. The fraction of sp³-hybridized carbons (Fsp3) is 0.489. The molecule has 0 spiro atoms. The summed E-state index contributed by atoms with van der Waals surface area (Å²) in [5.74, 6) is -0.918. The van der Waals surface area contributed by atoms with E-state index in [2.05, 4.69) is 281 Å². The van der Waals surface area contributed by atoms with E-state index in [-0.39, 0.29) is 26.1 Å². The second kappa shape index (κ2) is 76.5. The van der Waals surface area contributed by atoms with Crippen LogP contribution in [0, 0.1) is 0 Å². The molecule has 0 aliphatic carbocycles. The molecule has 0 aliphatic heterocycles. The van der Waals surface area contributed by atoms with Crippen molar-refractivity contribution in [2.24, 2.45) is 0 Å². The summed E-state index contributed by atoms with van der Waals surface area (Å²) in [7, 11) is 1.09. The van der Waals surface area contributed by atoms with E-state index in [4.69, 9.17) is 18.5 Å². The number of likely N-dealkylation sites (N-methyl/N-ethyl adjacent to an activating group) is 1. The van der Waals surface area contributed by atoms with Gasteiger partial charge >= 0.3 is 11.9 Å². The maximum atomic E-state index is 12.9. The highest BCUT2D eigenvalue weighted by molar-refractivity contribution is 7.45. The summed E-state index contributed by atoms with van der Waals surface area (Å²) in [6.07, 6.45) is 128. The Morgan fingerprint density at radius 2 is 0.540 bits per heavy atom. The molecular formula is C90H136NO8P. The van der Waals surface area contributed by atoms with Crippen molar-refractivity contribution >= 4 is 19.8 Å². The standard InChI is InChI=1S/C90H136NO8P/c1-6-8-10-12-14-16-18-20-22-24-26-28-30-32-34-36-38-40-42-44-45-47-49-51-53-55-57-59-61-63-65-67-69-71-73-75-77-79-81-83-90(93)99-88(87-98-100(94,95)97-85-84-91(3,4)5)86-96-89(92)82-80-78-76-74-72-70-68-66-64-62-60-58-56-54-52-50-48-46-43-41-39-37-35-33-31-29-27-25-23-21-19-17-15-13-11-9-7-2/h8-11,14-17,20-23,26-29,32-35,38-41,44-46,48-49,51-52,54-55,57-58,60-61,63-64,66-67,69-70,72,88H,6-7,12-13,18-19,24-25,30-31,36-37,42-43,47,50,53,56,59,62,65,68,71,73-87H2,1-5H3/b10-8-,11-9-,16-14-,17-15-,22-20-,23-21-,28-26-,29-27-,34-32-,35-33-,40-38-,41-39-,45-44-,48-46-,51-49-,54-52-,57-55-,60-58-,63-61-,66-64-,69-67-,72-70-. The normalized spacial score (nSPS) is 14.6. The van der Waals surface area contributed by atoms with Gasteiger partial charge in [-0.2, -0.15) is 0 Å². The second-order valence-electron chi connectivity index (χ2n) is 25.2. The lowest BCUT2D eigenvalue weighted by molar-refractivity contribution is -0.870. The molecule has 10 heteroatoms. The molecule has 0 radical (unpaired) electrons. The number of carbonyl (C=O) groups is 2. The first-order chi connectivity index (χ1) is 49.0. The van der Waals surface area contributed by atoms with Crippen molar-refractivity contribution in [3.8, 4) is 0 Å². The smallest absolute Gasteiger partial charge is 0.306 e. The molecule has 0 fully saturated rings. The summed E-state index contributed by atoms with van der Waals surface area (Å²) in [5, 5.41) is 0. The van der Waals surface area contributed by atoms with Crippen LogP contribution in [0.1, 0.15) is 232 Å². The predicted octanol–water partition coefficient (Wildman–Crippen LogP) is 25.2. The van der Waals surface area contributed by atoms with Crippen molar-refractivity contribution in [2.45, 2.75) is 238 Å². The van der Waals surface area contributed by atoms with Crippen molar-refractivity contribution in [2.75, 3.05) is 47.5 Å². The van der Waals surface area contributed by atoms with Crippen molar-refractivity contribution < 1.29 is 42.1 Å². The van der Waals surface area contributed by atoms with Gasteiger partial charge in [0.2, 0.25) is 0 Å². The summed E-state index contributed by atoms with van der Waals surface area (Å²) in [5.41, 5.74) is 0. The molecule has 0 bridgehead atoms.